The molecule has 0 bridgehead atoms. The van der Waals surface area contributed by atoms with Gasteiger partial charge in [-0.2, -0.15) is 0 Å². The van der Waals surface area contributed by atoms with E-state index in [1.54, 1.807) is 0 Å². The summed E-state index contributed by atoms with van der Waals surface area (Å²) in [4.78, 5) is 10.7. The summed E-state index contributed by atoms with van der Waals surface area (Å²) in [5.41, 5.74) is 0. The molecule has 0 unspecified atom stereocenters. The number of ether oxygens (including phenoxy) is 1. The number of esters is 1. The lowest BCUT2D eigenvalue weighted by Crippen LogP contribution is -2.42. The van der Waals surface area contributed by atoms with Crippen LogP contribution in [-0.4, -0.2) is 12.1 Å². The van der Waals surface area contributed by atoms with Crippen LogP contribution in [0.5, 0.6) is 0 Å². The topological polar surface area (TPSA) is 26.3 Å². The number of hydrogen-bond donors (Lipinski definition) is 0. The van der Waals surface area contributed by atoms with Crippen LogP contribution < -0.4 is 0 Å². The minimum atomic E-state index is -0.130. The predicted octanol–water partition coefficient (Wildman–Crippen LogP) is 2.13. The highest BCUT2D eigenvalue weighted by molar-refractivity contribution is 5.79. The summed E-state index contributed by atoms with van der Waals surface area (Å²) in [5.74, 6) is 5.88. The molecule has 13 heavy (non-hydrogen) atoms. The SMILES string of the molecule is CCCCCC#C[C@@H]1OC(=O)[C@@H]1C. The maximum absolute atomic E-state index is 10.7. The van der Waals surface area contributed by atoms with E-state index in [-0.39, 0.29) is 18.0 Å². The first kappa shape index (κ1) is 10.1. The molecule has 2 atom stereocenters. The molecule has 0 aromatic carbocycles. The maximum atomic E-state index is 10.7. The van der Waals surface area contributed by atoms with Gasteiger partial charge in [-0.25, -0.2) is 0 Å². The molecule has 0 aromatic rings. The van der Waals surface area contributed by atoms with E-state index in [4.69, 9.17) is 4.74 Å². The summed E-state index contributed by atoms with van der Waals surface area (Å²) < 4.78 is 4.85. The second-order valence-electron chi connectivity index (χ2n) is 3.42. The molecule has 2 nitrogen and oxygen atoms in total. The molecule has 1 aliphatic heterocycles. The maximum Gasteiger partial charge on any atom is 0.314 e. The minimum absolute atomic E-state index is 0.0151. The first-order chi connectivity index (χ1) is 6.25. The van der Waals surface area contributed by atoms with Gasteiger partial charge in [-0.1, -0.05) is 31.6 Å². The fraction of sp³-hybridized carbons (Fsp3) is 0.727. The molecule has 1 saturated heterocycles. The van der Waals surface area contributed by atoms with Crippen molar-refractivity contribution in [3.63, 3.8) is 0 Å². The highest BCUT2D eigenvalue weighted by Gasteiger charge is 2.36. The Hall–Kier alpha value is -0.970. The number of carbonyl (C=O) groups excluding carboxylic acids is 1. The Morgan fingerprint density at radius 1 is 1.46 bits per heavy atom. The number of rotatable bonds is 3. The van der Waals surface area contributed by atoms with Gasteiger partial charge in [0.25, 0.3) is 0 Å². The highest BCUT2D eigenvalue weighted by Crippen LogP contribution is 2.20. The normalized spacial score (nSPS) is 25.5. The van der Waals surface area contributed by atoms with Crippen molar-refractivity contribution in [3.8, 4) is 11.8 Å². The smallest absolute Gasteiger partial charge is 0.314 e. The first-order valence-electron chi connectivity index (χ1n) is 4.94. The average molecular weight is 180 g/mol. The summed E-state index contributed by atoms with van der Waals surface area (Å²) in [5, 5.41) is 0. The van der Waals surface area contributed by atoms with Crippen LogP contribution in [0.2, 0.25) is 0 Å². The van der Waals surface area contributed by atoms with Gasteiger partial charge in [-0.3, -0.25) is 4.79 Å². The van der Waals surface area contributed by atoms with E-state index in [0.717, 1.165) is 12.8 Å². The lowest BCUT2D eigenvalue weighted by atomic mass is 10.00. The molecular formula is C11H16O2. The number of hydrogen-bond acceptors (Lipinski definition) is 2. The van der Waals surface area contributed by atoms with E-state index in [0.29, 0.717) is 0 Å². The van der Waals surface area contributed by atoms with Crippen LogP contribution in [0.3, 0.4) is 0 Å². The number of unbranched alkanes of at least 4 members (excludes halogenated alkanes) is 3. The number of carbonyl (C=O) groups is 1. The van der Waals surface area contributed by atoms with Crippen LogP contribution in [0.15, 0.2) is 0 Å². The molecule has 2 heteroatoms. The fourth-order valence-electron chi connectivity index (χ4n) is 1.18. The van der Waals surface area contributed by atoms with Gasteiger partial charge >= 0.3 is 5.97 Å². The van der Waals surface area contributed by atoms with Gasteiger partial charge in [0.15, 0.2) is 6.10 Å². The first-order valence-corrected chi connectivity index (χ1v) is 4.94. The van der Waals surface area contributed by atoms with E-state index in [2.05, 4.69) is 18.8 Å². The Balaban J connectivity index is 2.13. The predicted molar refractivity (Wildman–Crippen MR) is 51.0 cm³/mol. The van der Waals surface area contributed by atoms with Gasteiger partial charge in [-0.15, -0.1) is 0 Å². The zero-order chi connectivity index (χ0) is 9.68. The quantitative estimate of drug-likeness (QED) is 0.378. The van der Waals surface area contributed by atoms with Gasteiger partial charge in [0.1, 0.15) is 5.92 Å². The summed E-state index contributed by atoms with van der Waals surface area (Å²) in [6.07, 6.45) is 4.40. The van der Waals surface area contributed by atoms with E-state index >= 15 is 0 Å². The zero-order valence-corrected chi connectivity index (χ0v) is 8.30. The molecule has 0 N–H and O–H groups in total. The molecule has 0 radical (unpaired) electrons. The minimum Gasteiger partial charge on any atom is -0.448 e. The van der Waals surface area contributed by atoms with Crippen molar-refractivity contribution >= 4 is 5.97 Å². The van der Waals surface area contributed by atoms with Gasteiger partial charge in [-0.05, 0) is 13.3 Å². The van der Waals surface area contributed by atoms with Crippen molar-refractivity contribution < 1.29 is 9.53 Å². The molecule has 1 fully saturated rings. The lowest BCUT2D eigenvalue weighted by molar-refractivity contribution is -0.175. The standard InChI is InChI=1S/C11H16O2/c1-3-4-5-6-7-8-10-9(2)11(12)13-10/h9-10H,3-6H2,1-2H3/t9-,10+/m1/s1. The molecule has 1 rings (SSSR count). The Morgan fingerprint density at radius 3 is 2.77 bits per heavy atom. The molecule has 0 amide bonds. The Labute approximate surface area is 79.7 Å². The third kappa shape index (κ3) is 2.77. The van der Waals surface area contributed by atoms with Crippen LogP contribution in [-0.2, 0) is 9.53 Å². The van der Waals surface area contributed by atoms with Crippen LogP contribution >= 0.6 is 0 Å². The monoisotopic (exact) mass is 180 g/mol. The Kier molecular flexibility index (Phi) is 3.82. The second kappa shape index (κ2) is 4.91. The van der Waals surface area contributed by atoms with Crippen LogP contribution in [0.1, 0.15) is 39.5 Å². The van der Waals surface area contributed by atoms with Crippen molar-refractivity contribution in [3.05, 3.63) is 0 Å². The van der Waals surface area contributed by atoms with Crippen molar-refractivity contribution in [2.75, 3.05) is 0 Å². The summed E-state index contributed by atoms with van der Waals surface area (Å²) in [6.45, 7) is 4.03. The highest BCUT2D eigenvalue weighted by atomic mass is 16.6. The third-order valence-electron chi connectivity index (χ3n) is 2.22. The van der Waals surface area contributed by atoms with E-state index in [1.165, 1.54) is 12.8 Å². The van der Waals surface area contributed by atoms with Crippen molar-refractivity contribution in [1.29, 1.82) is 0 Å². The molecule has 0 spiro atoms. The van der Waals surface area contributed by atoms with Crippen LogP contribution in [0.4, 0.5) is 0 Å². The van der Waals surface area contributed by atoms with Crippen molar-refractivity contribution in [1.82, 2.24) is 0 Å². The molecule has 72 valence electrons. The zero-order valence-electron chi connectivity index (χ0n) is 8.30. The summed E-state index contributed by atoms with van der Waals surface area (Å²) in [7, 11) is 0. The average Bonchev–Trinajstić information content (AvgIpc) is 2.15. The van der Waals surface area contributed by atoms with Gasteiger partial charge < -0.3 is 4.74 Å². The Bertz CT molecular complexity index is 234. The van der Waals surface area contributed by atoms with Crippen LogP contribution in [0, 0.1) is 17.8 Å². The number of cyclic esters (lactones) is 1. The van der Waals surface area contributed by atoms with Gasteiger partial charge in [0.05, 0.1) is 0 Å². The van der Waals surface area contributed by atoms with E-state index in [9.17, 15) is 4.79 Å². The largest absolute Gasteiger partial charge is 0.448 e. The fourth-order valence-corrected chi connectivity index (χ4v) is 1.18. The molecular weight excluding hydrogens is 164 g/mol. The molecule has 0 saturated carbocycles. The van der Waals surface area contributed by atoms with Crippen molar-refractivity contribution in [2.24, 2.45) is 5.92 Å². The van der Waals surface area contributed by atoms with Crippen molar-refractivity contribution in [2.45, 2.75) is 45.6 Å². The summed E-state index contributed by atoms with van der Waals surface area (Å²) in [6, 6.07) is 0. The van der Waals surface area contributed by atoms with Crippen LogP contribution in [0.25, 0.3) is 0 Å². The second-order valence-corrected chi connectivity index (χ2v) is 3.42. The molecule has 1 heterocycles. The van der Waals surface area contributed by atoms with E-state index in [1.807, 2.05) is 6.92 Å². The van der Waals surface area contributed by atoms with E-state index < -0.39 is 0 Å². The third-order valence-corrected chi connectivity index (χ3v) is 2.22. The Morgan fingerprint density at radius 2 is 2.23 bits per heavy atom. The molecule has 0 aliphatic carbocycles. The van der Waals surface area contributed by atoms with Gasteiger partial charge in [0.2, 0.25) is 0 Å². The molecule has 0 aromatic heterocycles. The van der Waals surface area contributed by atoms with Gasteiger partial charge in [0, 0.05) is 6.42 Å². The summed E-state index contributed by atoms with van der Waals surface area (Å²) >= 11 is 0. The molecule has 1 aliphatic rings. The lowest BCUT2D eigenvalue weighted by Gasteiger charge is -2.27.